The second-order valence-corrected chi connectivity index (χ2v) is 6.60. The second-order valence-electron chi connectivity index (χ2n) is 6.04. The van der Waals surface area contributed by atoms with E-state index in [4.69, 9.17) is 4.74 Å². The van der Waals surface area contributed by atoms with E-state index in [0.29, 0.717) is 5.92 Å². The predicted octanol–water partition coefficient (Wildman–Crippen LogP) is 2.87. The van der Waals surface area contributed by atoms with Crippen LogP contribution in [0.1, 0.15) is 46.5 Å². The largest absolute Gasteiger partial charge is 0.374 e. The zero-order valence-electron chi connectivity index (χ0n) is 11.5. The van der Waals surface area contributed by atoms with E-state index in [1.165, 1.54) is 12.8 Å². The van der Waals surface area contributed by atoms with Gasteiger partial charge < -0.3 is 10.1 Å². The fraction of sp³-hybridized carbons (Fsp3) is 0.929. The lowest BCUT2D eigenvalue weighted by molar-refractivity contribution is -0.128. The van der Waals surface area contributed by atoms with Gasteiger partial charge in [-0.2, -0.15) is 0 Å². The summed E-state index contributed by atoms with van der Waals surface area (Å²) in [4.78, 5) is 12.5. The number of carbonyl (C=O) groups is 1. The van der Waals surface area contributed by atoms with Gasteiger partial charge in [0, 0.05) is 10.9 Å². The van der Waals surface area contributed by atoms with Crippen molar-refractivity contribution >= 4 is 21.8 Å². The van der Waals surface area contributed by atoms with Crippen molar-refractivity contribution in [2.24, 2.45) is 11.8 Å². The maximum atomic E-state index is 12.5. The molecule has 2 fully saturated rings. The molecule has 104 valence electrons. The van der Waals surface area contributed by atoms with Gasteiger partial charge in [0.25, 0.3) is 0 Å². The molecule has 1 saturated carbocycles. The van der Waals surface area contributed by atoms with E-state index in [1.54, 1.807) is 0 Å². The van der Waals surface area contributed by atoms with Gasteiger partial charge in [0.05, 0.1) is 18.1 Å². The minimum absolute atomic E-state index is 0.00322. The molecule has 4 heteroatoms. The molecule has 2 rings (SSSR count). The Morgan fingerprint density at radius 3 is 2.33 bits per heavy atom. The molecule has 0 aromatic rings. The van der Waals surface area contributed by atoms with Crippen molar-refractivity contribution < 1.29 is 9.53 Å². The average molecular weight is 318 g/mol. The minimum Gasteiger partial charge on any atom is -0.374 e. The lowest BCUT2D eigenvalue weighted by atomic mass is 9.87. The Morgan fingerprint density at radius 2 is 1.89 bits per heavy atom. The second kappa shape index (κ2) is 5.49. The SMILES string of the molecule is CC1OC(C)C(C(=O)NC2(CBr)CCCC2)C1C. The summed E-state index contributed by atoms with van der Waals surface area (Å²) in [5.74, 6) is 0.478. The number of halogens is 1. The number of nitrogens with one attached hydrogen (secondary N) is 1. The molecule has 1 N–H and O–H groups in total. The Hall–Kier alpha value is -0.0900. The quantitative estimate of drug-likeness (QED) is 0.813. The molecular weight excluding hydrogens is 294 g/mol. The summed E-state index contributed by atoms with van der Waals surface area (Å²) in [6.07, 6.45) is 4.83. The van der Waals surface area contributed by atoms with Crippen LogP contribution >= 0.6 is 15.9 Å². The van der Waals surface area contributed by atoms with Gasteiger partial charge in [0.15, 0.2) is 0 Å². The maximum absolute atomic E-state index is 12.5. The van der Waals surface area contributed by atoms with Crippen LogP contribution < -0.4 is 5.32 Å². The van der Waals surface area contributed by atoms with E-state index < -0.39 is 0 Å². The van der Waals surface area contributed by atoms with Gasteiger partial charge in [-0.3, -0.25) is 4.79 Å². The number of hydrogen-bond acceptors (Lipinski definition) is 2. The van der Waals surface area contributed by atoms with E-state index >= 15 is 0 Å². The van der Waals surface area contributed by atoms with E-state index in [0.717, 1.165) is 18.2 Å². The van der Waals surface area contributed by atoms with Gasteiger partial charge in [0.2, 0.25) is 5.91 Å². The average Bonchev–Trinajstić information content (AvgIpc) is 2.86. The number of amides is 1. The van der Waals surface area contributed by atoms with Crippen molar-refractivity contribution in [3.05, 3.63) is 0 Å². The van der Waals surface area contributed by atoms with Gasteiger partial charge in [-0.25, -0.2) is 0 Å². The third-order valence-electron chi connectivity index (χ3n) is 4.75. The summed E-state index contributed by atoms with van der Waals surface area (Å²) in [7, 11) is 0. The van der Waals surface area contributed by atoms with Crippen molar-refractivity contribution in [3.8, 4) is 0 Å². The third kappa shape index (κ3) is 2.60. The molecule has 4 unspecified atom stereocenters. The lowest BCUT2D eigenvalue weighted by Gasteiger charge is -2.31. The smallest absolute Gasteiger partial charge is 0.226 e. The van der Waals surface area contributed by atoms with Gasteiger partial charge in [-0.1, -0.05) is 35.7 Å². The molecule has 0 bridgehead atoms. The molecule has 0 radical (unpaired) electrons. The molecule has 1 heterocycles. The topological polar surface area (TPSA) is 38.3 Å². The first-order valence-corrected chi connectivity index (χ1v) is 8.15. The van der Waals surface area contributed by atoms with Crippen molar-refractivity contribution in [2.75, 3.05) is 5.33 Å². The molecule has 2 aliphatic rings. The van der Waals surface area contributed by atoms with Crippen LogP contribution in [0, 0.1) is 11.8 Å². The Labute approximate surface area is 118 Å². The number of alkyl halides is 1. The van der Waals surface area contributed by atoms with Crippen molar-refractivity contribution in [3.63, 3.8) is 0 Å². The van der Waals surface area contributed by atoms with Gasteiger partial charge >= 0.3 is 0 Å². The van der Waals surface area contributed by atoms with Crippen LogP contribution in [-0.4, -0.2) is 29.0 Å². The normalized spacial score (nSPS) is 38.9. The van der Waals surface area contributed by atoms with E-state index in [9.17, 15) is 4.79 Å². The highest BCUT2D eigenvalue weighted by molar-refractivity contribution is 9.09. The summed E-state index contributed by atoms with van der Waals surface area (Å²) in [5, 5.41) is 4.16. The molecule has 0 aromatic heterocycles. The highest BCUT2D eigenvalue weighted by Crippen LogP contribution is 2.35. The molecule has 1 aliphatic carbocycles. The monoisotopic (exact) mass is 317 g/mol. The van der Waals surface area contributed by atoms with E-state index in [-0.39, 0.29) is 29.6 Å². The molecule has 4 atom stereocenters. The van der Waals surface area contributed by atoms with Gasteiger partial charge in [0.1, 0.15) is 0 Å². The number of hydrogen-bond donors (Lipinski definition) is 1. The van der Waals surface area contributed by atoms with Gasteiger partial charge in [-0.05, 0) is 32.6 Å². The van der Waals surface area contributed by atoms with Gasteiger partial charge in [-0.15, -0.1) is 0 Å². The molecule has 0 aromatic carbocycles. The number of rotatable bonds is 3. The van der Waals surface area contributed by atoms with Crippen LogP contribution in [0.4, 0.5) is 0 Å². The number of ether oxygens (including phenoxy) is 1. The first-order chi connectivity index (χ1) is 8.49. The predicted molar refractivity (Wildman–Crippen MR) is 75.8 cm³/mol. The molecule has 3 nitrogen and oxygen atoms in total. The maximum Gasteiger partial charge on any atom is 0.226 e. The lowest BCUT2D eigenvalue weighted by Crippen LogP contribution is -2.51. The van der Waals surface area contributed by atoms with Crippen LogP contribution in [0.25, 0.3) is 0 Å². The Balaban J connectivity index is 2.03. The first kappa shape index (κ1) is 14.3. The Kier molecular flexibility index (Phi) is 4.37. The minimum atomic E-state index is -0.0116. The summed E-state index contributed by atoms with van der Waals surface area (Å²) >= 11 is 3.57. The van der Waals surface area contributed by atoms with Crippen LogP contribution in [0.3, 0.4) is 0 Å². The van der Waals surface area contributed by atoms with Crippen LogP contribution in [0.15, 0.2) is 0 Å². The molecule has 1 aliphatic heterocycles. The van der Waals surface area contributed by atoms with Crippen molar-refractivity contribution in [1.29, 1.82) is 0 Å². The fourth-order valence-electron chi connectivity index (χ4n) is 3.41. The summed E-state index contributed by atoms with van der Waals surface area (Å²) in [5.41, 5.74) is -0.0116. The zero-order valence-corrected chi connectivity index (χ0v) is 13.1. The standard InChI is InChI=1S/C14H24BrNO2/c1-9-10(2)18-11(3)12(9)13(17)16-14(8-15)6-4-5-7-14/h9-12H,4-8H2,1-3H3,(H,16,17). The number of carbonyl (C=O) groups excluding carboxylic acids is 1. The summed E-state index contributed by atoms with van der Waals surface area (Å²) in [6.45, 7) is 6.19. The van der Waals surface area contributed by atoms with Crippen LogP contribution in [-0.2, 0) is 9.53 Å². The Bertz CT molecular complexity index is 315. The summed E-state index contributed by atoms with van der Waals surface area (Å²) < 4.78 is 5.77. The zero-order chi connectivity index (χ0) is 13.3. The first-order valence-electron chi connectivity index (χ1n) is 7.02. The molecular formula is C14H24BrNO2. The molecule has 1 amide bonds. The molecule has 18 heavy (non-hydrogen) atoms. The van der Waals surface area contributed by atoms with Crippen LogP contribution in [0.2, 0.25) is 0 Å². The fourth-order valence-corrected chi connectivity index (χ4v) is 4.11. The third-order valence-corrected chi connectivity index (χ3v) is 5.82. The van der Waals surface area contributed by atoms with Crippen LogP contribution in [0.5, 0.6) is 0 Å². The molecule has 0 spiro atoms. The molecule has 1 saturated heterocycles. The Morgan fingerprint density at radius 1 is 1.28 bits per heavy atom. The summed E-state index contributed by atoms with van der Waals surface area (Å²) in [6, 6.07) is 0. The van der Waals surface area contributed by atoms with E-state index in [2.05, 4.69) is 35.1 Å². The highest BCUT2D eigenvalue weighted by Gasteiger charge is 2.44. The highest BCUT2D eigenvalue weighted by atomic mass is 79.9. The van der Waals surface area contributed by atoms with Crippen molar-refractivity contribution in [1.82, 2.24) is 5.32 Å². The van der Waals surface area contributed by atoms with Crippen molar-refractivity contribution in [2.45, 2.75) is 64.2 Å². The van der Waals surface area contributed by atoms with E-state index in [1.807, 2.05) is 6.92 Å².